The van der Waals surface area contributed by atoms with E-state index in [2.05, 4.69) is 28.4 Å². The van der Waals surface area contributed by atoms with Crippen LogP contribution in [0.25, 0.3) is 11.3 Å². The first kappa shape index (κ1) is 26.1. The highest BCUT2D eigenvalue weighted by Gasteiger charge is 2.45. The quantitative estimate of drug-likeness (QED) is 0.427. The number of nitrogens with two attached hydrogens (primary N) is 3. The normalized spacial score (nSPS) is 17.4. The molecule has 2 fully saturated rings. The molecule has 2 aromatic rings. The zero-order valence-corrected chi connectivity index (χ0v) is 21.1. The number of hydrogen-bond donors (Lipinski definition) is 3. The maximum Gasteiger partial charge on any atom is 0.256 e. The van der Waals surface area contributed by atoms with Crippen molar-refractivity contribution in [2.75, 3.05) is 13.1 Å². The number of halogens is 1. The zero-order valence-electron chi connectivity index (χ0n) is 21.1. The fourth-order valence-electron chi connectivity index (χ4n) is 5.16. The standard InChI is InChI=1S/C29H33FN6O/c1-3-26-24(8-6-20(17-31)5-4-19(2)32)27(35-18-34-26)21-7-9-23(25(30)14-21)28(37)36-12-10-29(11-13-36)15-22(33)16-29/h4-5,7,9,14,17-18,22H,2-3,10-13,15-16,31-33H2,1H3/b5-4-,20-17+. The summed E-state index contributed by atoms with van der Waals surface area (Å²) < 4.78 is 15.3. The Morgan fingerprint density at radius 3 is 2.59 bits per heavy atom. The highest BCUT2D eigenvalue weighted by Crippen LogP contribution is 2.48. The molecule has 0 atom stereocenters. The lowest BCUT2D eigenvalue weighted by atomic mass is 9.61. The maximum absolute atomic E-state index is 15.3. The molecule has 1 aliphatic heterocycles. The van der Waals surface area contributed by atoms with E-state index in [1.54, 1.807) is 23.1 Å². The summed E-state index contributed by atoms with van der Waals surface area (Å²) in [5, 5.41) is 0. The zero-order chi connectivity index (χ0) is 26.6. The van der Waals surface area contributed by atoms with Crippen LogP contribution in [0.3, 0.4) is 0 Å². The first-order valence-corrected chi connectivity index (χ1v) is 12.5. The summed E-state index contributed by atoms with van der Waals surface area (Å²) in [5.41, 5.74) is 20.8. The van der Waals surface area contributed by atoms with Gasteiger partial charge >= 0.3 is 0 Å². The third-order valence-corrected chi connectivity index (χ3v) is 7.22. The number of carbonyl (C=O) groups excluding carboxylic acids is 1. The fraction of sp³-hybridized carbons (Fsp3) is 0.345. The summed E-state index contributed by atoms with van der Waals surface area (Å²) in [5.74, 6) is 5.20. The maximum atomic E-state index is 15.3. The molecule has 0 unspecified atom stereocenters. The number of aryl methyl sites for hydroxylation is 1. The van der Waals surface area contributed by atoms with Gasteiger partial charge in [-0.1, -0.05) is 31.4 Å². The Bertz CT molecular complexity index is 1320. The van der Waals surface area contributed by atoms with Gasteiger partial charge in [0.1, 0.15) is 12.1 Å². The number of hydrogen-bond acceptors (Lipinski definition) is 6. The van der Waals surface area contributed by atoms with Crippen molar-refractivity contribution in [2.24, 2.45) is 22.6 Å². The van der Waals surface area contributed by atoms with Crippen molar-refractivity contribution >= 4 is 5.91 Å². The van der Waals surface area contributed by atoms with E-state index in [0.29, 0.717) is 47.6 Å². The van der Waals surface area contributed by atoms with Crippen molar-refractivity contribution < 1.29 is 9.18 Å². The topological polar surface area (TPSA) is 124 Å². The second-order valence-electron chi connectivity index (χ2n) is 9.83. The Morgan fingerprint density at radius 2 is 2.00 bits per heavy atom. The molecular weight excluding hydrogens is 467 g/mol. The highest BCUT2D eigenvalue weighted by molar-refractivity contribution is 5.95. The van der Waals surface area contributed by atoms with Crippen LogP contribution >= 0.6 is 0 Å². The molecule has 37 heavy (non-hydrogen) atoms. The van der Waals surface area contributed by atoms with Gasteiger partial charge in [0, 0.05) is 42.2 Å². The van der Waals surface area contributed by atoms with Gasteiger partial charge in [0.2, 0.25) is 0 Å². The second kappa shape index (κ2) is 11.0. The molecule has 1 amide bonds. The minimum atomic E-state index is -0.587. The summed E-state index contributed by atoms with van der Waals surface area (Å²) in [7, 11) is 0. The average Bonchev–Trinajstić information content (AvgIpc) is 2.87. The van der Waals surface area contributed by atoms with Crippen LogP contribution in [-0.2, 0) is 6.42 Å². The van der Waals surface area contributed by atoms with Crippen LogP contribution in [0.5, 0.6) is 0 Å². The van der Waals surface area contributed by atoms with Gasteiger partial charge in [-0.2, -0.15) is 0 Å². The largest absolute Gasteiger partial charge is 0.404 e. The number of carbonyl (C=O) groups is 1. The van der Waals surface area contributed by atoms with E-state index in [1.165, 1.54) is 24.7 Å². The van der Waals surface area contributed by atoms with Crippen molar-refractivity contribution in [1.29, 1.82) is 0 Å². The molecular formula is C29H33FN6O. The van der Waals surface area contributed by atoms with E-state index >= 15 is 4.39 Å². The molecule has 0 bridgehead atoms. The summed E-state index contributed by atoms with van der Waals surface area (Å²) >= 11 is 0. The van der Waals surface area contributed by atoms with Crippen LogP contribution in [0.1, 0.15) is 54.2 Å². The third kappa shape index (κ3) is 5.73. The minimum absolute atomic E-state index is 0.0583. The van der Waals surface area contributed by atoms with E-state index in [4.69, 9.17) is 17.2 Å². The van der Waals surface area contributed by atoms with Crippen molar-refractivity contribution in [3.63, 3.8) is 0 Å². The Hall–Kier alpha value is -3.96. The molecule has 1 aromatic carbocycles. The van der Waals surface area contributed by atoms with Gasteiger partial charge in [-0.25, -0.2) is 14.4 Å². The molecule has 0 radical (unpaired) electrons. The van der Waals surface area contributed by atoms with Gasteiger partial charge in [0.15, 0.2) is 0 Å². The van der Waals surface area contributed by atoms with Crippen molar-refractivity contribution in [1.82, 2.24) is 14.9 Å². The lowest BCUT2D eigenvalue weighted by molar-refractivity contribution is 0.0174. The van der Waals surface area contributed by atoms with E-state index in [1.807, 2.05) is 6.92 Å². The predicted molar refractivity (Wildman–Crippen MR) is 143 cm³/mol. The first-order valence-electron chi connectivity index (χ1n) is 12.5. The number of piperidine rings is 1. The Balaban J connectivity index is 1.59. The van der Waals surface area contributed by atoms with Gasteiger partial charge in [-0.15, -0.1) is 0 Å². The molecule has 2 aliphatic rings. The van der Waals surface area contributed by atoms with E-state index in [-0.39, 0.29) is 22.9 Å². The molecule has 8 heteroatoms. The Labute approximate surface area is 217 Å². The van der Waals surface area contributed by atoms with Crippen LogP contribution in [0.15, 0.2) is 60.7 Å². The number of likely N-dealkylation sites (tertiary alicyclic amines) is 1. The molecule has 1 saturated heterocycles. The number of amides is 1. The number of benzene rings is 1. The van der Waals surface area contributed by atoms with Gasteiger partial charge in [-0.3, -0.25) is 4.79 Å². The summed E-state index contributed by atoms with van der Waals surface area (Å²) in [4.78, 5) is 23.6. The molecule has 6 N–H and O–H groups in total. The van der Waals surface area contributed by atoms with Crippen LogP contribution in [0.4, 0.5) is 4.39 Å². The smallest absolute Gasteiger partial charge is 0.256 e. The molecule has 1 saturated carbocycles. The second-order valence-corrected chi connectivity index (χ2v) is 9.83. The predicted octanol–water partition coefficient (Wildman–Crippen LogP) is 3.41. The number of allylic oxidation sites excluding steroid dienone is 3. The van der Waals surface area contributed by atoms with E-state index in [9.17, 15) is 4.79 Å². The van der Waals surface area contributed by atoms with Gasteiger partial charge in [0.05, 0.1) is 22.5 Å². The van der Waals surface area contributed by atoms with Crippen LogP contribution in [-0.4, -0.2) is 39.9 Å². The number of aromatic nitrogens is 2. The lowest BCUT2D eigenvalue weighted by Crippen LogP contribution is -2.53. The van der Waals surface area contributed by atoms with Crippen molar-refractivity contribution in [2.45, 2.75) is 45.1 Å². The molecule has 1 aromatic heterocycles. The van der Waals surface area contributed by atoms with Crippen molar-refractivity contribution in [3.05, 3.63) is 83.4 Å². The summed E-state index contributed by atoms with van der Waals surface area (Å²) in [6.07, 6.45) is 10.5. The number of nitrogens with zero attached hydrogens (tertiary/aromatic N) is 3. The highest BCUT2D eigenvalue weighted by atomic mass is 19.1. The third-order valence-electron chi connectivity index (χ3n) is 7.22. The molecule has 1 aliphatic carbocycles. The van der Waals surface area contributed by atoms with E-state index in [0.717, 1.165) is 31.4 Å². The van der Waals surface area contributed by atoms with Gasteiger partial charge in [0.25, 0.3) is 5.91 Å². The monoisotopic (exact) mass is 500 g/mol. The average molecular weight is 501 g/mol. The van der Waals surface area contributed by atoms with Gasteiger partial charge in [-0.05, 0) is 61.8 Å². The van der Waals surface area contributed by atoms with Crippen molar-refractivity contribution in [3.8, 4) is 23.1 Å². The lowest BCUT2D eigenvalue weighted by Gasteiger charge is -2.51. The summed E-state index contributed by atoms with van der Waals surface area (Å²) in [6, 6.07) is 4.85. The van der Waals surface area contributed by atoms with Crippen LogP contribution < -0.4 is 17.2 Å². The van der Waals surface area contributed by atoms with Gasteiger partial charge < -0.3 is 22.1 Å². The van der Waals surface area contributed by atoms with Crippen LogP contribution in [0, 0.1) is 23.1 Å². The Morgan fingerprint density at radius 1 is 1.27 bits per heavy atom. The number of rotatable bonds is 5. The molecule has 2 heterocycles. The molecule has 192 valence electrons. The summed E-state index contributed by atoms with van der Waals surface area (Å²) in [6.45, 7) is 6.83. The minimum Gasteiger partial charge on any atom is -0.404 e. The van der Waals surface area contributed by atoms with Crippen LogP contribution in [0.2, 0.25) is 0 Å². The Kier molecular flexibility index (Phi) is 7.74. The molecule has 4 rings (SSSR count). The first-order chi connectivity index (χ1) is 17.7. The SMILES string of the molecule is C=C(N)/C=C\C(C#Cc1c(CC)ncnc1-c1ccc(C(=O)N2CCC3(CC2)CC(N)C3)c(F)c1)=C/N. The fourth-order valence-corrected chi connectivity index (χ4v) is 5.16. The van der Waals surface area contributed by atoms with E-state index < -0.39 is 5.82 Å². The molecule has 1 spiro atoms. The molecule has 7 nitrogen and oxygen atoms in total.